The van der Waals surface area contributed by atoms with Crippen LogP contribution in [0.15, 0.2) is 41.3 Å². The molecule has 0 bridgehead atoms. The van der Waals surface area contributed by atoms with Gasteiger partial charge in [0.05, 0.1) is 28.9 Å². The zero-order valence-electron chi connectivity index (χ0n) is 17.4. The summed E-state index contributed by atoms with van der Waals surface area (Å²) < 4.78 is 39.2. The first-order chi connectivity index (χ1) is 14.1. The molecule has 3 rings (SSSR count). The third-order valence-electron chi connectivity index (χ3n) is 4.79. The summed E-state index contributed by atoms with van der Waals surface area (Å²) in [6, 6.07) is 9.21. The topological polar surface area (TPSA) is 84.9 Å². The second kappa shape index (κ2) is 8.35. The summed E-state index contributed by atoms with van der Waals surface area (Å²) in [7, 11) is -2.48. The summed E-state index contributed by atoms with van der Waals surface area (Å²) in [5.41, 5.74) is 0.149. The van der Waals surface area contributed by atoms with Gasteiger partial charge in [0, 0.05) is 12.6 Å². The highest BCUT2D eigenvalue weighted by molar-refractivity contribution is 7.92. The normalized spacial score (nSPS) is 15.8. The molecule has 0 saturated carbocycles. The van der Waals surface area contributed by atoms with Gasteiger partial charge < -0.3 is 14.4 Å². The van der Waals surface area contributed by atoms with Crippen molar-refractivity contribution >= 4 is 38.9 Å². The summed E-state index contributed by atoms with van der Waals surface area (Å²) in [4.78, 5) is 14.6. The molecule has 0 atom stereocenters. The van der Waals surface area contributed by atoms with Gasteiger partial charge in [0.2, 0.25) is 5.91 Å². The minimum absolute atomic E-state index is 0.0458. The van der Waals surface area contributed by atoms with E-state index in [4.69, 9.17) is 21.1 Å². The van der Waals surface area contributed by atoms with Crippen LogP contribution in [0.2, 0.25) is 5.02 Å². The first-order valence-corrected chi connectivity index (χ1v) is 11.4. The molecule has 0 spiro atoms. The van der Waals surface area contributed by atoms with Crippen LogP contribution in [-0.4, -0.2) is 34.6 Å². The van der Waals surface area contributed by atoms with E-state index in [9.17, 15) is 13.2 Å². The van der Waals surface area contributed by atoms with Crippen LogP contribution in [0.1, 0.15) is 27.2 Å². The summed E-state index contributed by atoms with van der Waals surface area (Å²) in [5, 5.41) is 0.0458. The zero-order valence-corrected chi connectivity index (χ0v) is 18.9. The Balaban J connectivity index is 1.98. The van der Waals surface area contributed by atoms with Gasteiger partial charge in [-0.1, -0.05) is 18.5 Å². The maximum atomic E-state index is 13.0. The number of methoxy groups -OCH3 is 1. The van der Waals surface area contributed by atoms with Crippen molar-refractivity contribution in [2.45, 2.75) is 32.1 Å². The Kier molecular flexibility index (Phi) is 6.19. The molecule has 2 aromatic rings. The number of hydrogen-bond donors (Lipinski definition) is 1. The van der Waals surface area contributed by atoms with Gasteiger partial charge in [-0.05, 0) is 50.6 Å². The van der Waals surface area contributed by atoms with Crippen molar-refractivity contribution in [3.63, 3.8) is 0 Å². The third kappa shape index (κ3) is 4.34. The SMILES string of the molecule is CCCN1C(=O)C(C)(C)COc2ccc(NS(=O)(=O)c3ccc(OC)cc3Cl)cc21. The lowest BCUT2D eigenvalue weighted by Crippen LogP contribution is -2.42. The van der Waals surface area contributed by atoms with Crippen molar-refractivity contribution in [3.8, 4) is 11.5 Å². The lowest BCUT2D eigenvalue weighted by molar-refractivity contribution is -0.127. The van der Waals surface area contributed by atoms with Crippen molar-refractivity contribution in [3.05, 3.63) is 41.4 Å². The van der Waals surface area contributed by atoms with Gasteiger partial charge in [0.15, 0.2) is 0 Å². The molecule has 2 aromatic carbocycles. The number of benzene rings is 2. The van der Waals surface area contributed by atoms with E-state index in [-0.39, 0.29) is 22.4 Å². The molecule has 1 aliphatic heterocycles. The van der Waals surface area contributed by atoms with Crippen molar-refractivity contribution in [2.75, 3.05) is 29.9 Å². The van der Waals surface area contributed by atoms with E-state index in [1.54, 1.807) is 23.1 Å². The van der Waals surface area contributed by atoms with Crippen LogP contribution in [0, 0.1) is 5.41 Å². The average Bonchev–Trinajstić information content (AvgIpc) is 2.78. The number of halogens is 1. The van der Waals surface area contributed by atoms with Crippen LogP contribution in [-0.2, 0) is 14.8 Å². The Hall–Kier alpha value is -2.45. The van der Waals surface area contributed by atoms with Gasteiger partial charge in [-0.25, -0.2) is 8.42 Å². The number of hydrogen-bond acceptors (Lipinski definition) is 5. The Morgan fingerprint density at radius 1 is 1.23 bits per heavy atom. The number of sulfonamides is 1. The first kappa shape index (κ1) is 22.2. The molecule has 0 saturated heterocycles. The molecule has 0 aliphatic carbocycles. The molecule has 1 aliphatic rings. The van der Waals surface area contributed by atoms with E-state index >= 15 is 0 Å². The van der Waals surface area contributed by atoms with E-state index in [1.807, 2.05) is 20.8 Å². The average molecular weight is 453 g/mol. The van der Waals surface area contributed by atoms with Crippen LogP contribution in [0.3, 0.4) is 0 Å². The molecule has 0 fully saturated rings. The molecule has 1 amide bonds. The van der Waals surface area contributed by atoms with Crippen molar-refractivity contribution in [2.24, 2.45) is 5.41 Å². The van der Waals surface area contributed by atoms with Crippen molar-refractivity contribution < 1.29 is 22.7 Å². The van der Waals surface area contributed by atoms with E-state index < -0.39 is 15.4 Å². The number of amides is 1. The maximum Gasteiger partial charge on any atom is 0.263 e. The molecule has 1 N–H and O–H groups in total. The smallest absolute Gasteiger partial charge is 0.263 e. The fourth-order valence-electron chi connectivity index (χ4n) is 3.19. The molecule has 1 heterocycles. The van der Waals surface area contributed by atoms with Gasteiger partial charge in [0.25, 0.3) is 10.0 Å². The second-order valence-electron chi connectivity index (χ2n) is 7.71. The van der Waals surface area contributed by atoms with Crippen LogP contribution in [0.4, 0.5) is 11.4 Å². The monoisotopic (exact) mass is 452 g/mol. The van der Waals surface area contributed by atoms with Crippen LogP contribution in [0.25, 0.3) is 0 Å². The number of carbonyl (C=O) groups excluding carboxylic acids is 1. The van der Waals surface area contributed by atoms with Gasteiger partial charge in [-0.3, -0.25) is 9.52 Å². The van der Waals surface area contributed by atoms with E-state index in [0.717, 1.165) is 6.42 Å². The molecule has 30 heavy (non-hydrogen) atoms. The summed E-state index contributed by atoms with van der Waals surface area (Å²) >= 11 is 6.14. The molecular formula is C21H25ClN2O5S. The van der Waals surface area contributed by atoms with Gasteiger partial charge >= 0.3 is 0 Å². The minimum Gasteiger partial charge on any atom is -0.497 e. The highest BCUT2D eigenvalue weighted by atomic mass is 35.5. The number of nitrogens with one attached hydrogen (secondary N) is 1. The van der Waals surface area contributed by atoms with Gasteiger partial charge in [0.1, 0.15) is 23.0 Å². The highest BCUT2D eigenvalue weighted by Crippen LogP contribution is 2.39. The largest absolute Gasteiger partial charge is 0.497 e. The van der Waals surface area contributed by atoms with Gasteiger partial charge in [-0.2, -0.15) is 0 Å². The Bertz CT molecular complexity index is 1070. The summed E-state index contributed by atoms with van der Waals surface area (Å²) in [6.45, 7) is 6.38. The lowest BCUT2D eigenvalue weighted by Gasteiger charge is -2.28. The van der Waals surface area contributed by atoms with Crippen LogP contribution < -0.4 is 19.1 Å². The molecule has 0 aromatic heterocycles. The number of carbonyl (C=O) groups is 1. The third-order valence-corrected chi connectivity index (χ3v) is 6.65. The number of rotatable bonds is 6. The number of anilines is 2. The van der Waals surface area contributed by atoms with Crippen molar-refractivity contribution in [1.82, 2.24) is 0 Å². The van der Waals surface area contributed by atoms with Crippen LogP contribution in [0.5, 0.6) is 11.5 Å². The van der Waals surface area contributed by atoms with Crippen LogP contribution >= 0.6 is 11.6 Å². The first-order valence-electron chi connectivity index (χ1n) is 9.54. The predicted molar refractivity (Wildman–Crippen MR) is 117 cm³/mol. The fourth-order valence-corrected chi connectivity index (χ4v) is 4.78. The molecular weight excluding hydrogens is 428 g/mol. The predicted octanol–water partition coefficient (Wildman–Crippen LogP) is 4.31. The summed E-state index contributed by atoms with van der Waals surface area (Å²) in [5.74, 6) is 0.923. The standard InChI is InChI=1S/C21H25ClN2O5S/c1-5-10-24-17-11-14(6-8-18(17)29-13-21(2,3)20(24)25)23-30(26,27)19-9-7-15(28-4)12-16(19)22/h6-9,11-12,23H,5,10,13H2,1-4H3. The van der Waals surface area contributed by atoms with E-state index in [1.165, 1.54) is 25.3 Å². The number of fused-ring (bicyclic) bond motifs is 1. The molecule has 9 heteroatoms. The molecule has 162 valence electrons. The Morgan fingerprint density at radius 2 is 1.97 bits per heavy atom. The van der Waals surface area contributed by atoms with Crippen molar-refractivity contribution in [1.29, 1.82) is 0 Å². The lowest BCUT2D eigenvalue weighted by atomic mass is 9.93. The number of ether oxygens (including phenoxy) is 2. The second-order valence-corrected chi connectivity index (χ2v) is 9.77. The Labute approximate surface area is 182 Å². The van der Waals surface area contributed by atoms with E-state index in [0.29, 0.717) is 29.4 Å². The van der Waals surface area contributed by atoms with E-state index in [2.05, 4.69) is 4.72 Å². The molecule has 7 nitrogen and oxygen atoms in total. The Morgan fingerprint density at radius 3 is 2.60 bits per heavy atom. The molecule has 0 radical (unpaired) electrons. The molecule has 0 unspecified atom stereocenters. The minimum atomic E-state index is -3.95. The fraction of sp³-hybridized carbons (Fsp3) is 0.381. The quantitative estimate of drug-likeness (QED) is 0.705. The maximum absolute atomic E-state index is 13.0. The zero-order chi connectivity index (χ0) is 22.1. The highest BCUT2D eigenvalue weighted by Gasteiger charge is 2.37. The summed E-state index contributed by atoms with van der Waals surface area (Å²) in [6.07, 6.45) is 0.749. The number of nitrogens with zero attached hydrogens (tertiary/aromatic N) is 1. The van der Waals surface area contributed by atoms with Gasteiger partial charge in [-0.15, -0.1) is 0 Å².